The van der Waals surface area contributed by atoms with E-state index in [4.69, 9.17) is 9.47 Å². The van der Waals surface area contributed by atoms with Crippen molar-refractivity contribution in [1.29, 1.82) is 0 Å². The summed E-state index contributed by atoms with van der Waals surface area (Å²) in [6.45, 7) is 8.77. The summed E-state index contributed by atoms with van der Waals surface area (Å²) in [6.07, 6.45) is 2.55. The van der Waals surface area contributed by atoms with Gasteiger partial charge in [0.25, 0.3) is 0 Å². The Morgan fingerprint density at radius 1 is 0.960 bits per heavy atom. The fourth-order valence-electron chi connectivity index (χ4n) is 3.60. The summed E-state index contributed by atoms with van der Waals surface area (Å²) in [7, 11) is 0. The number of hydrogen-bond acceptors (Lipinski definition) is 3. The lowest BCUT2D eigenvalue weighted by molar-refractivity contribution is 0.0912. The third-order valence-electron chi connectivity index (χ3n) is 5.48. The molecule has 1 saturated heterocycles. The van der Waals surface area contributed by atoms with Crippen LogP contribution < -0.4 is 9.47 Å². The molecule has 1 unspecified atom stereocenters. The number of ether oxygens (including phenoxy) is 2. The summed E-state index contributed by atoms with van der Waals surface area (Å²) in [6, 6.07) is 16.7. The van der Waals surface area contributed by atoms with Crippen LogP contribution in [0.2, 0.25) is 0 Å². The van der Waals surface area contributed by atoms with Crippen molar-refractivity contribution in [2.24, 2.45) is 5.41 Å². The molecule has 0 amide bonds. The second-order valence-electron chi connectivity index (χ2n) is 8.05. The Kier molecular flexibility index (Phi) is 4.43. The van der Waals surface area contributed by atoms with Gasteiger partial charge in [-0.1, -0.05) is 50.2 Å². The number of likely N-dealkylation sites (tertiary alicyclic amines) is 1. The summed E-state index contributed by atoms with van der Waals surface area (Å²) < 4.78 is 11.9. The Balaban J connectivity index is 1.38. The quantitative estimate of drug-likeness (QED) is 0.801. The molecule has 2 aromatic rings. The summed E-state index contributed by atoms with van der Waals surface area (Å²) in [5.41, 5.74) is 3.06. The van der Waals surface area contributed by atoms with Crippen molar-refractivity contribution in [2.75, 3.05) is 19.7 Å². The Morgan fingerprint density at radius 2 is 1.64 bits per heavy atom. The van der Waals surface area contributed by atoms with Crippen LogP contribution in [-0.2, 0) is 6.54 Å². The van der Waals surface area contributed by atoms with E-state index >= 15 is 0 Å². The molecule has 0 aliphatic carbocycles. The highest BCUT2D eigenvalue weighted by atomic mass is 16.6. The third-order valence-corrected chi connectivity index (χ3v) is 5.48. The van der Waals surface area contributed by atoms with E-state index in [-0.39, 0.29) is 6.10 Å². The van der Waals surface area contributed by atoms with Crippen molar-refractivity contribution >= 4 is 0 Å². The van der Waals surface area contributed by atoms with Crippen molar-refractivity contribution < 1.29 is 9.47 Å². The van der Waals surface area contributed by atoms with E-state index in [2.05, 4.69) is 43.0 Å². The zero-order valence-corrected chi connectivity index (χ0v) is 15.2. The zero-order valence-electron chi connectivity index (χ0n) is 15.2. The number of benzene rings is 2. The molecule has 132 valence electrons. The number of fused-ring (bicyclic) bond motifs is 1. The number of hydrogen-bond donors (Lipinski definition) is 0. The van der Waals surface area contributed by atoms with Gasteiger partial charge in [0.05, 0.1) is 0 Å². The van der Waals surface area contributed by atoms with E-state index < -0.39 is 0 Å². The van der Waals surface area contributed by atoms with Gasteiger partial charge in [0.15, 0.2) is 17.6 Å². The summed E-state index contributed by atoms with van der Waals surface area (Å²) in [4.78, 5) is 2.57. The van der Waals surface area contributed by atoms with Gasteiger partial charge in [-0.3, -0.25) is 4.90 Å². The molecular formula is C22H27NO2. The Bertz CT molecular complexity index is 713. The molecule has 2 aromatic carbocycles. The van der Waals surface area contributed by atoms with E-state index in [0.717, 1.165) is 18.0 Å². The van der Waals surface area contributed by atoms with Gasteiger partial charge in [0, 0.05) is 6.54 Å². The molecule has 0 N–H and O–H groups in total. The van der Waals surface area contributed by atoms with E-state index in [0.29, 0.717) is 12.0 Å². The summed E-state index contributed by atoms with van der Waals surface area (Å²) >= 11 is 0. The van der Waals surface area contributed by atoms with E-state index in [9.17, 15) is 0 Å². The Labute approximate surface area is 150 Å². The molecular weight excluding hydrogens is 310 g/mol. The van der Waals surface area contributed by atoms with Crippen LogP contribution in [-0.4, -0.2) is 24.6 Å². The van der Waals surface area contributed by atoms with Gasteiger partial charge in [-0.25, -0.2) is 0 Å². The van der Waals surface area contributed by atoms with Gasteiger partial charge < -0.3 is 9.47 Å². The summed E-state index contributed by atoms with van der Waals surface area (Å²) in [5, 5.41) is 0. The number of rotatable bonds is 3. The van der Waals surface area contributed by atoms with E-state index in [1.807, 2.05) is 24.3 Å². The van der Waals surface area contributed by atoms with E-state index in [1.165, 1.54) is 37.1 Å². The predicted molar refractivity (Wildman–Crippen MR) is 100 cm³/mol. The zero-order chi connectivity index (χ0) is 17.3. The van der Waals surface area contributed by atoms with Crippen LogP contribution in [0.3, 0.4) is 0 Å². The normalized spacial score (nSPS) is 22.6. The van der Waals surface area contributed by atoms with Crippen LogP contribution in [0.5, 0.6) is 11.5 Å². The SMILES string of the molecule is CC1(C)CCN(Cc2ccc(C3COc4ccccc4O3)cc2)CC1. The van der Waals surface area contributed by atoms with Crippen LogP contribution in [0.1, 0.15) is 43.9 Å². The second kappa shape index (κ2) is 6.72. The van der Waals surface area contributed by atoms with Gasteiger partial charge in [0.2, 0.25) is 0 Å². The van der Waals surface area contributed by atoms with Gasteiger partial charge in [-0.05, 0) is 54.6 Å². The molecule has 25 heavy (non-hydrogen) atoms. The van der Waals surface area contributed by atoms with Crippen molar-refractivity contribution in [3.05, 3.63) is 59.7 Å². The molecule has 3 heteroatoms. The molecule has 2 aliphatic rings. The monoisotopic (exact) mass is 337 g/mol. The molecule has 4 rings (SSSR count). The molecule has 1 fully saturated rings. The van der Waals surface area contributed by atoms with Crippen molar-refractivity contribution in [2.45, 2.75) is 39.3 Å². The maximum atomic E-state index is 6.10. The number of para-hydroxylation sites is 2. The fraction of sp³-hybridized carbons (Fsp3) is 0.455. The maximum absolute atomic E-state index is 6.10. The fourth-order valence-corrected chi connectivity index (χ4v) is 3.60. The maximum Gasteiger partial charge on any atom is 0.162 e. The number of nitrogens with zero attached hydrogens (tertiary/aromatic N) is 1. The predicted octanol–water partition coefficient (Wildman–Crippen LogP) is 4.82. The number of piperidine rings is 1. The van der Waals surface area contributed by atoms with Gasteiger partial charge in [-0.15, -0.1) is 0 Å². The van der Waals surface area contributed by atoms with Crippen molar-refractivity contribution in [3.8, 4) is 11.5 Å². The molecule has 0 radical (unpaired) electrons. The van der Waals surface area contributed by atoms with Crippen molar-refractivity contribution in [1.82, 2.24) is 4.90 Å². The average molecular weight is 337 g/mol. The molecule has 0 saturated carbocycles. The Morgan fingerprint density at radius 3 is 2.36 bits per heavy atom. The van der Waals surface area contributed by atoms with Gasteiger partial charge in [-0.2, -0.15) is 0 Å². The minimum absolute atomic E-state index is 0.0280. The molecule has 2 heterocycles. The second-order valence-corrected chi connectivity index (χ2v) is 8.05. The topological polar surface area (TPSA) is 21.7 Å². The van der Waals surface area contributed by atoms with Crippen LogP contribution in [0, 0.1) is 5.41 Å². The van der Waals surface area contributed by atoms with Crippen LogP contribution >= 0.6 is 0 Å². The molecule has 2 aliphatic heterocycles. The minimum atomic E-state index is -0.0280. The minimum Gasteiger partial charge on any atom is -0.485 e. The third kappa shape index (κ3) is 3.82. The highest BCUT2D eigenvalue weighted by molar-refractivity contribution is 5.41. The van der Waals surface area contributed by atoms with Crippen LogP contribution in [0.4, 0.5) is 0 Å². The summed E-state index contributed by atoms with van der Waals surface area (Å²) in [5.74, 6) is 1.67. The first-order chi connectivity index (χ1) is 12.1. The van der Waals surface area contributed by atoms with Crippen LogP contribution in [0.25, 0.3) is 0 Å². The van der Waals surface area contributed by atoms with E-state index in [1.54, 1.807) is 0 Å². The highest BCUT2D eigenvalue weighted by Gasteiger charge is 2.25. The first kappa shape index (κ1) is 16.5. The largest absolute Gasteiger partial charge is 0.485 e. The van der Waals surface area contributed by atoms with Gasteiger partial charge in [0.1, 0.15) is 6.61 Å². The molecule has 0 spiro atoms. The first-order valence-corrected chi connectivity index (χ1v) is 9.29. The molecule has 1 atom stereocenters. The lowest BCUT2D eigenvalue weighted by Gasteiger charge is -2.37. The smallest absolute Gasteiger partial charge is 0.162 e. The first-order valence-electron chi connectivity index (χ1n) is 9.29. The van der Waals surface area contributed by atoms with Gasteiger partial charge >= 0.3 is 0 Å². The van der Waals surface area contributed by atoms with Crippen LogP contribution in [0.15, 0.2) is 48.5 Å². The average Bonchev–Trinajstić information content (AvgIpc) is 2.64. The molecule has 3 nitrogen and oxygen atoms in total. The van der Waals surface area contributed by atoms with Crippen molar-refractivity contribution in [3.63, 3.8) is 0 Å². The standard InChI is InChI=1S/C22H27NO2/c1-22(2)11-13-23(14-12-22)15-17-7-9-18(10-8-17)21-16-24-19-5-3-4-6-20(19)25-21/h3-10,21H,11-16H2,1-2H3. The Hall–Kier alpha value is -2.00. The lowest BCUT2D eigenvalue weighted by atomic mass is 9.82. The molecule has 0 bridgehead atoms. The highest BCUT2D eigenvalue weighted by Crippen LogP contribution is 2.36. The lowest BCUT2D eigenvalue weighted by Crippen LogP contribution is -2.36. The molecule has 0 aromatic heterocycles.